The molecule has 3 amide bonds. The number of hydrogen-bond donors (Lipinski definition) is 2. The Kier molecular flexibility index (Phi) is 5.00. The van der Waals surface area contributed by atoms with E-state index in [4.69, 9.17) is 0 Å². The summed E-state index contributed by atoms with van der Waals surface area (Å²) in [4.78, 5) is 25.1. The third-order valence-corrected chi connectivity index (χ3v) is 4.03. The van der Waals surface area contributed by atoms with Crippen molar-refractivity contribution in [1.82, 2.24) is 15.5 Å². The summed E-state index contributed by atoms with van der Waals surface area (Å²) in [6.07, 6.45) is 0.786. The third-order valence-electron chi connectivity index (χ3n) is 3.31. The molecule has 0 spiro atoms. The van der Waals surface area contributed by atoms with Crippen molar-refractivity contribution in [2.24, 2.45) is 0 Å². The number of carbonyl (C=O) groups excluding carboxylic acids is 2. The minimum atomic E-state index is -0.192. The van der Waals surface area contributed by atoms with Gasteiger partial charge in [0, 0.05) is 17.6 Å². The molecule has 0 aromatic heterocycles. The number of urea groups is 1. The second-order valence-electron chi connectivity index (χ2n) is 4.70. The maximum atomic E-state index is 12.2. The predicted octanol–water partition coefficient (Wildman–Crippen LogP) is 2.04. The van der Waals surface area contributed by atoms with Gasteiger partial charge in [0.1, 0.15) is 6.54 Å². The molecule has 6 heteroatoms. The van der Waals surface area contributed by atoms with Crippen LogP contribution >= 0.6 is 15.9 Å². The highest BCUT2D eigenvalue weighted by Crippen LogP contribution is 2.25. The molecule has 1 aromatic rings. The van der Waals surface area contributed by atoms with Crippen LogP contribution in [0.1, 0.15) is 24.9 Å². The first kappa shape index (κ1) is 14.8. The van der Waals surface area contributed by atoms with E-state index in [1.807, 2.05) is 31.2 Å². The monoisotopic (exact) mass is 339 g/mol. The molecule has 1 aliphatic heterocycles. The number of nitrogens with zero attached hydrogens (tertiary/aromatic N) is 1. The summed E-state index contributed by atoms with van der Waals surface area (Å²) in [6, 6.07) is 7.57. The summed E-state index contributed by atoms with van der Waals surface area (Å²) in [7, 11) is 0. The fourth-order valence-electron chi connectivity index (χ4n) is 2.21. The second-order valence-corrected chi connectivity index (χ2v) is 5.56. The lowest BCUT2D eigenvalue weighted by molar-refractivity contribution is -0.123. The zero-order valence-electron chi connectivity index (χ0n) is 11.4. The van der Waals surface area contributed by atoms with Gasteiger partial charge in [-0.15, -0.1) is 0 Å². The summed E-state index contributed by atoms with van der Waals surface area (Å²) in [5.74, 6) is -0.111. The van der Waals surface area contributed by atoms with Crippen LogP contribution in [0.2, 0.25) is 0 Å². The molecule has 2 N–H and O–H groups in total. The summed E-state index contributed by atoms with van der Waals surface area (Å²) in [5.41, 5.74) is 1.05. The number of rotatable bonds is 3. The van der Waals surface area contributed by atoms with E-state index < -0.39 is 0 Å². The highest BCUT2D eigenvalue weighted by molar-refractivity contribution is 9.10. The van der Waals surface area contributed by atoms with Gasteiger partial charge in [-0.25, -0.2) is 4.79 Å². The van der Waals surface area contributed by atoms with E-state index in [2.05, 4.69) is 26.6 Å². The molecular weight excluding hydrogens is 322 g/mol. The van der Waals surface area contributed by atoms with Gasteiger partial charge in [-0.3, -0.25) is 4.79 Å². The fourth-order valence-corrected chi connectivity index (χ4v) is 2.77. The minimum absolute atomic E-state index is 0.0666. The maximum absolute atomic E-state index is 12.2. The number of hydrogen-bond acceptors (Lipinski definition) is 2. The van der Waals surface area contributed by atoms with Crippen molar-refractivity contribution in [3.05, 3.63) is 34.3 Å². The van der Waals surface area contributed by atoms with Crippen LogP contribution in [0.4, 0.5) is 4.79 Å². The van der Waals surface area contributed by atoms with Gasteiger partial charge in [0.05, 0.1) is 6.04 Å². The Balaban J connectivity index is 2.05. The fraction of sp³-hybridized carbons (Fsp3) is 0.429. The van der Waals surface area contributed by atoms with E-state index in [0.717, 1.165) is 16.5 Å². The van der Waals surface area contributed by atoms with E-state index in [-0.39, 0.29) is 24.5 Å². The van der Waals surface area contributed by atoms with Crippen LogP contribution in [0.25, 0.3) is 0 Å². The lowest BCUT2D eigenvalue weighted by atomic mass is 10.1. The molecule has 0 saturated carbocycles. The largest absolute Gasteiger partial charge is 0.353 e. The number of halogens is 1. The Morgan fingerprint density at radius 3 is 2.90 bits per heavy atom. The van der Waals surface area contributed by atoms with Gasteiger partial charge in [0.25, 0.3) is 0 Å². The molecule has 2 rings (SSSR count). The topological polar surface area (TPSA) is 61.4 Å². The second kappa shape index (κ2) is 6.74. The Labute approximate surface area is 126 Å². The van der Waals surface area contributed by atoms with E-state index >= 15 is 0 Å². The van der Waals surface area contributed by atoms with Gasteiger partial charge >= 0.3 is 6.03 Å². The number of carbonyl (C=O) groups is 2. The van der Waals surface area contributed by atoms with Crippen LogP contribution in [0.3, 0.4) is 0 Å². The molecule has 1 fully saturated rings. The van der Waals surface area contributed by atoms with Crippen molar-refractivity contribution in [2.45, 2.75) is 19.4 Å². The molecule has 20 heavy (non-hydrogen) atoms. The normalized spacial score (nSPS) is 16.5. The lowest BCUT2D eigenvalue weighted by Crippen LogP contribution is -2.53. The van der Waals surface area contributed by atoms with Crippen LogP contribution in [0, 0.1) is 0 Å². The molecule has 108 valence electrons. The van der Waals surface area contributed by atoms with E-state index in [0.29, 0.717) is 13.1 Å². The summed E-state index contributed by atoms with van der Waals surface area (Å²) < 4.78 is 0.975. The van der Waals surface area contributed by atoms with Crippen LogP contribution in [-0.4, -0.2) is 36.5 Å². The molecule has 1 atom stereocenters. The first-order valence-corrected chi connectivity index (χ1v) is 7.47. The Bertz CT molecular complexity index is 507. The van der Waals surface area contributed by atoms with Gasteiger partial charge in [-0.2, -0.15) is 0 Å². The minimum Gasteiger partial charge on any atom is -0.353 e. The highest BCUT2D eigenvalue weighted by atomic mass is 79.9. The quantitative estimate of drug-likeness (QED) is 0.885. The van der Waals surface area contributed by atoms with Crippen molar-refractivity contribution in [3.8, 4) is 0 Å². The molecule has 0 unspecified atom stereocenters. The van der Waals surface area contributed by atoms with Crippen LogP contribution in [0.5, 0.6) is 0 Å². The smallest absolute Gasteiger partial charge is 0.318 e. The van der Waals surface area contributed by atoms with E-state index in [1.165, 1.54) is 0 Å². The van der Waals surface area contributed by atoms with Crippen molar-refractivity contribution in [3.63, 3.8) is 0 Å². The average molecular weight is 340 g/mol. The number of piperazine rings is 1. The zero-order chi connectivity index (χ0) is 14.5. The SMILES string of the molecule is CC[C@@H](NC(=O)N1CCNC(=O)C1)c1ccccc1Br. The Morgan fingerprint density at radius 1 is 1.50 bits per heavy atom. The molecule has 1 heterocycles. The van der Waals surface area contributed by atoms with Gasteiger partial charge in [-0.05, 0) is 18.1 Å². The van der Waals surface area contributed by atoms with E-state index in [9.17, 15) is 9.59 Å². The Hall–Kier alpha value is -1.56. The first-order chi connectivity index (χ1) is 9.61. The highest BCUT2D eigenvalue weighted by Gasteiger charge is 2.23. The predicted molar refractivity (Wildman–Crippen MR) is 80.3 cm³/mol. The van der Waals surface area contributed by atoms with Gasteiger partial charge < -0.3 is 15.5 Å². The Morgan fingerprint density at radius 2 is 2.25 bits per heavy atom. The van der Waals surface area contributed by atoms with Crippen molar-refractivity contribution < 1.29 is 9.59 Å². The molecule has 0 radical (unpaired) electrons. The van der Waals surface area contributed by atoms with Crippen molar-refractivity contribution in [1.29, 1.82) is 0 Å². The van der Waals surface area contributed by atoms with E-state index in [1.54, 1.807) is 4.90 Å². The molecule has 5 nitrogen and oxygen atoms in total. The third kappa shape index (κ3) is 3.50. The summed E-state index contributed by atoms with van der Waals surface area (Å²) in [6.45, 7) is 3.20. The first-order valence-electron chi connectivity index (χ1n) is 6.68. The van der Waals surface area contributed by atoms with Crippen LogP contribution in [-0.2, 0) is 4.79 Å². The number of amides is 3. The van der Waals surface area contributed by atoms with Crippen molar-refractivity contribution in [2.75, 3.05) is 19.6 Å². The zero-order valence-corrected chi connectivity index (χ0v) is 12.9. The van der Waals surface area contributed by atoms with Gasteiger partial charge in [-0.1, -0.05) is 41.1 Å². The maximum Gasteiger partial charge on any atom is 0.318 e. The molecule has 1 aromatic carbocycles. The average Bonchev–Trinajstić information content (AvgIpc) is 2.45. The molecule has 1 aliphatic rings. The molecule has 1 saturated heterocycles. The molecule has 0 aliphatic carbocycles. The standard InChI is InChI=1S/C14H18BrN3O2/c1-2-12(10-5-3-4-6-11(10)15)17-14(20)18-8-7-16-13(19)9-18/h3-6,12H,2,7-9H2,1H3,(H,16,19)(H,17,20)/t12-/m1/s1. The van der Waals surface area contributed by atoms with Crippen LogP contribution < -0.4 is 10.6 Å². The summed E-state index contributed by atoms with van der Waals surface area (Å²) >= 11 is 3.50. The lowest BCUT2D eigenvalue weighted by Gasteiger charge is -2.29. The van der Waals surface area contributed by atoms with Gasteiger partial charge in [0.2, 0.25) is 5.91 Å². The molecular formula is C14H18BrN3O2. The summed E-state index contributed by atoms with van der Waals surface area (Å²) in [5, 5.41) is 5.70. The van der Waals surface area contributed by atoms with Gasteiger partial charge in [0.15, 0.2) is 0 Å². The van der Waals surface area contributed by atoms with Crippen LogP contribution in [0.15, 0.2) is 28.7 Å². The molecule has 0 bridgehead atoms. The number of benzene rings is 1. The number of nitrogens with one attached hydrogen (secondary N) is 2. The van der Waals surface area contributed by atoms with Crippen molar-refractivity contribution >= 4 is 27.9 Å².